The Hall–Kier alpha value is -3.67. The molecule has 0 aromatic heterocycles. The Kier molecular flexibility index (Phi) is 6.18. The molecule has 0 radical (unpaired) electrons. The van der Waals surface area contributed by atoms with Gasteiger partial charge in [0.25, 0.3) is 5.91 Å². The molecule has 0 spiro atoms. The Morgan fingerprint density at radius 2 is 1.76 bits per heavy atom. The van der Waals surface area contributed by atoms with Crippen molar-refractivity contribution in [1.82, 2.24) is 4.72 Å². The van der Waals surface area contributed by atoms with Crippen LogP contribution in [0, 0.1) is 11.3 Å². The molecule has 0 heterocycles. The molecule has 7 nitrogen and oxygen atoms in total. The molecule has 1 saturated carbocycles. The molecule has 2 N–H and O–H groups in total. The second kappa shape index (κ2) is 9.06. The predicted octanol–water partition coefficient (Wildman–Crippen LogP) is 3.98. The van der Waals surface area contributed by atoms with Crippen LogP contribution in [0.15, 0.2) is 77.7 Å². The van der Waals surface area contributed by atoms with E-state index in [4.69, 9.17) is 4.74 Å². The van der Waals surface area contributed by atoms with E-state index in [2.05, 4.69) is 16.1 Å². The monoisotopic (exact) mass is 461 g/mol. The van der Waals surface area contributed by atoms with Crippen LogP contribution in [-0.4, -0.2) is 21.4 Å². The van der Waals surface area contributed by atoms with Gasteiger partial charge >= 0.3 is 0 Å². The first kappa shape index (κ1) is 22.5. The van der Waals surface area contributed by atoms with Gasteiger partial charge in [-0.05, 0) is 54.3 Å². The molecule has 33 heavy (non-hydrogen) atoms. The lowest BCUT2D eigenvalue weighted by Crippen LogP contribution is -2.24. The lowest BCUT2D eigenvalue weighted by atomic mass is 9.98. The van der Waals surface area contributed by atoms with Crippen LogP contribution in [0.25, 0.3) is 0 Å². The van der Waals surface area contributed by atoms with Crippen molar-refractivity contribution < 1.29 is 17.9 Å². The van der Waals surface area contributed by atoms with Gasteiger partial charge in [0.05, 0.1) is 18.6 Å². The summed E-state index contributed by atoms with van der Waals surface area (Å²) in [5.74, 6) is -0.311. The molecular formula is C25H23N3O4S. The Balaban J connectivity index is 1.52. The maximum Gasteiger partial charge on any atom is 0.255 e. The van der Waals surface area contributed by atoms with E-state index in [9.17, 15) is 18.5 Å². The van der Waals surface area contributed by atoms with Gasteiger partial charge in [-0.15, -0.1) is 0 Å². The number of methoxy groups -OCH3 is 1. The normalized spacial score (nSPS) is 14.2. The second-order valence-electron chi connectivity index (χ2n) is 7.90. The summed E-state index contributed by atoms with van der Waals surface area (Å²) in [6.07, 6.45) is 1.69. The van der Waals surface area contributed by atoms with Crippen LogP contribution in [0.4, 0.5) is 5.69 Å². The zero-order valence-corrected chi connectivity index (χ0v) is 18.9. The molecule has 8 heteroatoms. The summed E-state index contributed by atoms with van der Waals surface area (Å²) in [5.41, 5.74) is 2.08. The third-order valence-corrected chi connectivity index (χ3v) is 7.11. The number of rotatable bonds is 8. The molecule has 0 bridgehead atoms. The van der Waals surface area contributed by atoms with Crippen molar-refractivity contribution in [1.29, 1.82) is 5.26 Å². The summed E-state index contributed by atoms with van der Waals surface area (Å²) < 4.78 is 33.6. The topological polar surface area (TPSA) is 108 Å². The molecule has 1 fully saturated rings. The molecule has 0 saturated heterocycles. The highest BCUT2D eigenvalue weighted by atomic mass is 32.2. The van der Waals surface area contributed by atoms with E-state index in [-0.39, 0.29) is 22.8 Å². The molecule has 0 atom stereocenters. The Morgan fingerprint density at radius 3 is 2.36 bits per heavy atom. The van der Waals surface area contributed by atoms with Gasteiger partial charge in [-0.1, -0.05) is 42.5 Å². The lowest BCUT2D eigenvalue weighted by molar-refractivity contribution is 0.102. The predicted molar refractivity (Wildman–Crippen MR) is 124 cm³/mol. The van der Waals surface area contributed by atoms with Crippen molar-refractivity contribution in [2.75, 3.05) is 12.4 Å². The Labute approximate surface area is 193 Å². The third-order valence-electron chi connectivity index (χ3n) is 5.68. The molecule has 1 aliphatic carbocycles. The first-order valence-electron chi connectivity index (χ1n) is 10.4. The number of anilines is 1. The minimum Gasteiger partial charge on any atom is -0.495 e. The standard InChI is InChI=1S/C25H23N3O4S/c1-32-22-12-7-19(15-23(22)33(30,31)27-16-18-5-3-2-4-6-18)24(29)28-21-10-8-20(9-11-21)25(17-26)13-14-25/h2-12,15,27H,13-14,16H2,1H3,(H,28,29). The van der Waals surface area contributed by atoms with Crippen molar-refractivity contribution in [3.8, 4) is 11.8 Å². The summed E-state index contributed by atoms with van der Waals surface area (Å²) in [5, 5.41) is 12.1. The van der Waals surface area contributed by atoms with Crippen molar-refractivity contribution in [3.63, 3.8) is 0 Å². The zero-order chi connectivity index (χ0) is 23.5. The van der Waals surface area contributed by atoms with Crippen LogP contribution in [0.3, 0.4) is 0 Å². The lowest BCUT2D eigenvalue weighted by Gasteiger charge is -2.13. The summed E-state index contributed by atoms with van der Waals surface area (Å²) in [7, 11) is -2.56. The van der Waals surface area contributed by atoms with Gasteiger partial charge in [0, 0.05) is 17.8 Å². The van der Waals surface area contributed by atoms with Crippen molar-refractivity contribution in [2.45, 2.75) is 29.7 Å². The SMILES string of the molecule is COc1ccc(C(=O)Nc2ccc(C3(C#N)CC3)cc2)cc1S(=O)(=O)NCc1ccccc1. The van der Waals surface area contributed by atoms with Gasteiger partial charge in [0.15, 0.2) is 0 Å². The fourth-order valence-corrected chi connectivity index (χ4v) is 4.76. The molecule has 1 amide bonds. The van der Waals surface area contributed by atoms with E-state index in [1.54, 1.807) is 12.1 Å². The van der Waals surface area contributed by atoms with Crippen molar-refractivity contribution in [2.24, 2.45) is 0 Å². The number of carbonyl (C=O) groups excluding carboxylic acids is 1. The number of nitrogens with zero attached hydrogens (tertiary/aromatic N) is 1. The van der Waals surface area contributed by atoms with Gasteiger partial charge in [-0.3, -0.25) is 4.79 Å². The number of ether oxygens (including phenoxy) is 1. The van der Waals surface area contributed by atoms with E-state index in [0.717, 1.165) is 24.0 Å². The van der Waals surface area contributed by atoms with Gasteiger partial charge in [0.1, 0.15) is 10.6 Å². The second-order valence-corrected chi connectivity index (χ2v) is 9.64. The van der Waals surface area contributed by atoms with E-state index < -0.39 is 21.3 Å². The van der Waals surface area contributed by atoms with E-state index in [1.807, 2.05) is 42.5 Å². The maximum absolute atomic E-state index is 12.9. The molecule has 0 aliphatic heterocycles. The molecule has 3 aromatic carbocycles. The molecule has 4 rings (SSSR count). The van der Waals surface area contributed by atoms with Crippen LogP contribution in [-0.2, 0) is 22.0 Å². The highest BCUT2D eigenvalue weighted by molar-refractivity contribution is 7.89. The fraction of sp³-hybridized carbons (Fsp3) is 0.200. The molecule has 3 aromatic rings. The number of hydrogen-bond acceptors (Lipinski definition) is 5. The maximum atomic E-state index is 12.9. The first-order chi connectivity index (χ1) is 15.9. The summed E-state index contributed by atoms with van der Waals surface area (Å²) in [4.78, 5) is 12.7. The smallest absolute Gasteiger partial charge is 0.255 e. The number of carbonyl (C=O) groups is 1. The number of sulfonamides is 1. The summed E-state index contributed by atoms with van der Waals surface area (Å²) in [6, 6.07) is 22.9. The molecular weight excluding hydrogens is 438 g/mol. The number of nitrogens with one attached hydrogen (secondary N) is 2. The quantitative estimate of drug-likeness (QED) is 0.527. The van der Waals surface area contributed by atoms with Crippen LogP contribution in [0.5, 0.6) is 5.75 Å². The minimum absolute atomic E-state index is 0.110. The Bertz CT molecular complexity index is 1310. The number of nitriles is 1. The molecule has 0 unspecified atom stereocenters. The minimum atomic E-state index is -3.93. The van der Waals surface area contributed by atoms with E-state index in [0.29, 0.717) is 5.69 Å². The number of hydrogen-bond donors (Lipinski definition) is 2. The molecule has 168 valence electrons. The average molecular weight is 462 g/mol. The van der Waals surface area contributed by atoms with E-state index in [1.165, 1.54) is 25.3 Å². The third kappa shape index (κ3) is 4.90. The van der Waals surface area contributed by atoms with Crippen molar-refractivity contribution in [3.05, 3.63) is 89.5 Å². The van der Waals surface area contributed by atoms with Gasteiger partial charge in [-0.25, -0.2) is 13.1 Å². The van der Waals surface area contributed by atoms with Crippen LogP contribution >= 0.6 is 0 Å². The van der Waals surface area contributed by atoms with Crippen LogP contribution in [0.2, 0.25) is 0 Å². The van der Waals surface area contributed by atoms with Gasteiger partial charge in [0.2, 0.25) is 10.0 Å². The first-order valence-corrected chi connectivity index (χ1v) is 11.9. The highest BCUT2D eigenvalue weighted by Gasteiger charge is 2.44. The van der Waals surface area contributed by atoms with Crippen LogP contribution < -0.4 is 14.8 Å². The number of benzene rings is 3. The number of amides is 1. The highest BCUT2D eigenvalue weighted by Crippen LogP contribution is 2.47. The van der Waals surface area contributed by atoms with Gasteiger partial charge < -0.3 is 10.1 Å². The summed E-state index contributed by atoms with van der Waals surface area (Å²) in [6.45, 7) is 0.110. The van der Waals surface area contributed by atoms with Crippen molar-refractivity contribution >= 4 is 21.6 Å². The largest absolute Gasteiger partial charge is 0.495 e. The average Bonchev–Trinajstić information content (AvgIpc) is 3.65. The zero-order valence-electron chi connectivity index (χ0n) is 18.0. The fourth-order valence-electron chi connectivity index (χ4n) is 3.55. The van der Waals surface area contributed by atoms with E-state index >= 15 is 0 Å². The molecule has 1 aliphatic rings. The van der Waals surface area contributed by atoms with Crippen LogP contribution in [0.1, 0.15) is 34.3 Å². The van der Waals surface area contributed by atoms with Gasteiger partial charge in [-0.2, -0.15) is 5.26 Å². The summed E-state index contributed by atoms with van der Waals surface area (Å²) >= 11 is 0. The Morgan fingerprint density at radius 1 is 1.06 bits per heavy atom.